The van der Waals surface area contributed by atoms with Crippen molar-refractivity contribution >= 4 is 17.2 Å². The fraction of sp³-hybridized carbons (Fsp3) is 0.375. The van der Waals surface area contributed by atoms with Crippen LogP contribution in [0.2, 0.25) is 0 Å². The molecule has 1 aliphatic rings. The van der Waals surface area contributed by atoms with Crippen LogP contribution in [0.1, 0.15) is 33.2 Å². The van der Waals surface area contributed by atoms with Crippen LogP contribution in [0.4, 0.5) is 0 Å². The zero-order valence-corrected chi connectivity index (χ0v) is 12.9. The van der Waals surface area contributed by atoms with Gasteiger partial charge in [0.2, 0.25) is 0 Å². The minimum atomic E-state index is 0.119. The van der Waals surface area contributed by atoms with Crippen molar-refractivity contribution in [2.75, 3.05) is 13.1 Å². The number of ether oxygens (including phenoxy) is 1. The number of likely N-dealkylation sites (tertiary alicyclic amines) is 1. The molecule has 0 aliphatic carbocycles. The lowest BCUT2D eigenvalue weighted by Gasteiger charge is -2.13. The maximum atomic E-state index is 12.4. The van der Waals surface area contributed by atoms with E-state index in [1.54, 1.807) is 0 Å². The minimum Gasteiger partial charge on any atom is -0.486 e. The van der Waals surface area contributed by atoms with E-state index in [-0.39, 0.29) is 5.91 Å². The predicted molar refractivity (Wildman–Crippen MR) is 82.8 cm³/mol. The topological polar surface area (TPSA) is 42.4 Å². The number of aromatic nitrogens is 1. The van der Waals surface area contributed by atoms with Crippen LogP contribution in [-0.2, 0) is 6.61 Å². The molecule has 21 heavy (non-hydrogen) atoms. The highest BCUT2D eigenvalue weighted by Gasteiger charge is 2.23. The first-order chi connectivity index (χ1) is 10.2. The van der Waals surface area contributed by atoms with Crippen LogP contribution in [0.15, 0.2) is 30.3 Å². The fourth-order valence-corrected chi connectivity index (χ4v) is 3.38. The van der Waals surface area contributed by atoms with E-state index in [0.29, 0.717) is 6.61 Å². The third kappa shape index (κ3) is 3.24. The average Bonchev–Trinajstić information content (AvgIpc) is 3.15. The summed E-state index contributed by atoms with van der Waals surface area (Å²) in [4.78, 5) is 19.5. The SMILES string of the molecule is Cc1nc(COc2ccccc2)sc1C(=O)N1CCCC1. The molecule has 1 aromatic carbocycles. The van der Waals surface area contributed by atoms with Crippen molar-refractivity contribution in [1.82, 2.24) is 9.88 Å². The third-order valence-electron chi connectivity index (χ3n) is 3.53. The van der Waals surface area contributed by atoms with Gasteiger partial charge in [0.25, 0.3) is 5.91 Å². The maximum Gasteiger partial charge on any atom is 0.265 e. The summed E-state index contributed by atoms with van der Waals surface area (Å²) in [7, 11) is 0. The second kappa shape index (κ2) is 6.26. The lowest BCUT2D eigenvalue weighted by molar-refractivity contribution is 0.0796. The largest absolute Gasteiger partial charge is 0.486 e. The Morgan fingerprint density at radius 2 is 2.00 bits per heavy atom. The van der Waals surface area contributed by atoms with Crippen LogP contribution in [0.25, 0.3) is 0 Å². The molecule has 0 atom stereocenters. The number of thiazole rings is 1. The van der Waals surface area contributed by atoms with Gasteiger partial charge in [-0.3, -0.25) is 4.79 Å². The summed E-state index contributed by atoms with van der Waals surface area (Å²) in [5, 5.41) is 0.846. The lowest BCUT2D eigenvalue weighted by Crippen LogP contribution is -2.27. The quantitative estimate of drug-likeness (QED) is 0.870. The second-order valence-electron chi connectivity index (χ2n) is 5.12. The Labute approximate surface area is 128 Å². The van der Waals surface area contributed by atoms with E-state index in [4.69, 9.17) is 4.74 Å². The van der Waals surface area contributed by atoms with Gasteiger partial charge in [0, 0.05) is 13.1 Å². The molecule has 0 saturated carbocycles. The molecule has 0 N–H and O–H groups in total. The Morgan fingerprint density at radius 1 is 1.29 bits per heavy atom. The first-order valence-electron chi connectivity index (χ1n) is 7.17. The second-order valence-corrected chi connectivity index (χ2v) is 6.21. The number of hydrogen-bond donors (Lipinski definition) is 0. The minimum absolute atomic E-state index is 0.119. The first kappa shape index (κ1) is 14.1. The van der Waals surface area contributed by atoms with E-state index in [2.05, 4.69) is 4.98 Å². The number of rotatable bonds is 4. The molecule has 0 radical (unpaired) electrons. The molecule has 5 heteroatoms. The summed E-state index contributed by atoms with van der Waals surface area (Å²) >= 11 is 1.45. The monoisotopic (exact) mass is 302 g/mol. The van der Waals surface area contributed by atoms with Crippen LogP contribution in [0.3, 0.4) is 0 Å². The van der Waals surface area contributed by atoms with Gasteiger partial charge in [-0.15, -0.1) is 11.3 Å². The summed E-state index contributed by atoms with van der Waals surface area (Å²) in [6.45, 7) is 4.03. The van der Waals surface area contributed by atoms with Crippen molar-refractivity contribution in [3.05, 3.63) is 45.9 Å². The molecule has 1 amide bonds. The van der Waals surface area contributed by atoms with Gasteiger partial charge in [-0.25, -0.2) is 4.98 Å². The standard InChI is InChI=1S/C16H18N2O2S/c1-12-15(16(19)18-9-5-6-10-18)21-14(17-12)11-20-13-7-3-2-4-8-13/h2-4,7-8H,5-6,9-11H2,1H3. The molecule has 1 fully saturated rings. The van der Waals surface area contributed by atoms with Crippen LogP contribution in [-0.4, -0.2) is 28.9 Å². The molecule has 0 unspecified atom stereocenters. The van der Waals surface area contributed by atoms with Gasteiger partial charge in [-0.05, 0) is 31.9 Å². The van der Waals surface area contributed by atoms with Crippen molar-refractivity contribution in [2.45, 2.75) is 26.4 Å². The highest BCUT2D eigenvalue weighted by molar-refractivity contribution is 7.13. The molecule has 1 saturated heterocycles. The van der Waals surface area contributed by atoms with E-state index < -0.39 is 0 Å². The summed E-state index contributed by atoms with van der Waals surface area (Å²) in [5.41, 5.74) is 0.809. The third-order valence-corrected chi connectivity index (χ3v) is 4.65. The van der Waals surface area contributed by atoms with Gasteiger partial charge in [-0.1, -0.05) is 18.2 Å². The molecule has 1 aliphatic heterocycles. The number of aryl methyl sites for hydroxylation is 1. The number of carbonyl (C=O) groups is 1. The van der Waals surface area contributed by atoms with Crippen LogP contribution >= 0.6 is 11.3 Å². The Bertz CT molecular complexity index is 618. The smallest absolute Gasteiger partial charge is 0.265 e. The zero-order chi connectivity index (χ0) is 14.7. The summed E-state index contributed by atoms with van der Waals surface area (Å²) in [6.07, 6.45) is 2.21. The van der Waals surface area contributed by atoms with Crippen LogP contribution in [0.5, 0.6) is 5.75 Å². The number of para-hydroxylation sites is 1. The highest BCUT2D eigenvalue weighted by atomic mass is 32.1. The molecule has 0 spiro atoms. The van der Waals surface area contributed by atoms with Crippen molar-refractivity contribution in [1.29, 1.82) is 0 Å². The normalized spacial score (nSPS) is 14.4. The molecule has 2 heterocycles. The van der Waals surface area contributed by atoms with E-state index in [1.165, 1.54) is 11.3 Å². The molecule has 2 aromatic rings. The number of benzene rings is 1. The number of nitrogens with zero attached hydrogens (tertiary/aromatic N) is 2. The molecular weight excluding hydrogens is 284 g/mol. The Balaban J connectivity index is 1.67. The molecule has 4 nitrogen and oxygen atoms in total. The van der Waals surface area contributed by atoms with Crippen molar-refractivity contribution in [3.63, 3.8) is 0 Å². The van der Waals surface area contributed by atoms with Gasteiger partial charge in [-0.2, -0.15) is 0 Å². The van der Waals surface area contributed by atoms with Crippen molar-refractivity contribution in [2.24, 2.45) is 0 Å². The Morgan fingerprint density at radius 3 is 2.71 bits per heavy atom. The van der Waals surface area contributed by atoms with Crippen molar-refractivity contribution in [3.8, 4) is 5.75 Å². The van der Waals surface area contributed by atoms with E-state index >= 15 is 0 Å². The maximum absolute atomic E-state index is 12.4. The highest BCUT2D eigenvalue weighted by Crippen LogP contribution is 2.23. The van der Waals surface area contributed by atoms with Gasteiger partial charge in [0.05, 0.1) is 5.69 Å². The number of carbonyl (C=O) groups excluding carboxylic acids is 1. The van der Waals surface area contributed by atoms with Gasteiger partial charge in [0.1, 0.15) is 22.2 Å². The average molecular weight is 302 g/mol. The molecule has 0 bridgehead atoms. The van der Waals surface area contributed by atoms with E-state index in [0.717, 1.165) is 47.3 Å². The van der Waals surface area contributed by atoms with Crippen molar-refractivity contribution < 1.29 is 9.53 Å². The summed E-state index contributed by atoms with van der Waals surface area (Å²) in [6, 6.07) is 9.65. The Hall–Kier alpha value is -1.88. The van der Waals surface area contributed by atoms with Gasteiger partial charge >= 0.3 is 0 Å². The molecule has 3 rings (SSSR count). The first-order valence-corrected chi connectivity index (χ1v) is 7.99. The fourth-order valence-electron chi connectivity index (χ4n) is 2.44. The number of hydrogen-bond acceptors (Lipinski definition) is 4. The van der Waals surface area contributed by atoms with Crippen LogP contribution < -0.4 is 4.74 Å². The zero-order valence-electron chi connectivity index (χ0n) is 12.0. The van der Waals surface area contributed by atoms with Gasteiger partial charge < -0.3 is 9.64 Å². The van der Waals surface area contributed by atoms with Gasteiger partial charge in [0.15, 0.2) is 0 Å². The molecular formula is C16H18N2O2S. The molecule has 1 aromatic heterocycles. The Kier molecular flexibility index (Phi) is 4.20. The predicted octanol–water partition coefficient (Wildman–Crippen LogP) is 3.27. The lowest BCUT2D eigenvalue weighted by atomic mass is 10.3. The molecule has 110 valence electrons. The summed E-state index contributed by atoms with van der Waals surface area (Å²) in [5.74, 6) is 0.936. The van der Waals surface area contributed by atoms with E-state index in [9.17, 15) is 4.79 Å². The number of amides is 1. The summed E-state index contributed by atoms with van der Waals surface area (Å²) < 4.78 is 5.69. The van der Waals surface area contributed by atoms with Crippen LogP contribution in [0, 0.1) is 6.92 Å². The van der Waals surface area contributed by atoms with E-state index in [1.807, 2.05) is 42.2 Å².